The number of fused-ring (bicyclic) bond motifs is 1. The van der Waals surface area contributed by atoms with Gasteiger partial charge < -0.3 is 23.7 Å². The lowest BCUT2D eigenvalue weighted by molar-refractivity contribution is -0.488. The van der Waals surface area contributed by atoms with E-state index in [2.05, 4.69) is 0 Å². The third-order valence-corrected chi connectivity index (χ3v) is 8.21. The summed E-state index contributed by atoms with van der Waals surface area (Å²) in [4.78, 5) is 10.9. The van der Waals surface area contributed by atoms with Crippen LogP contribution in [0, 0.1) is 16.0 Å². The van der Waals surface area contributed by atoms with Crippen molar-refractivity contribution >= 4 is 10.1 Å². The molecule has 0 saturated carbocycles. The SMILES string of the molecule is CC[C@H](C[N+](=O)[O-])[C@H](c1ccccc1)S(=O)(=O)O[C@@H]1C(C2COC(C)(C)O2)O[C@@H]2OC(C)(C)O[C@@H]21. The van der Waals surface area contributed by atoms with Crippen molar-refractivity contribution in [2.45, 2.75) is 88.6 Å². The maximum Gasteiger partial charge on any atom is 0.275 e. The van der Waals surface area contributed by atoms with Gasteiger partial charge in [-0.05, 0) is 39.7 Å². The average molecular weight is 516 g/mol. The van der Waals surface area contributed by atoms with Gasteiger partial charge in [0.2, 0.25) is 6.54 Å². The molecular formula is C23H33NO10S. The van der Waals surface area contributed by atoms with Gasteiger partial charge >= 0.3 is 0 Å². The van der Waals surface area contributed by atoms with Crippen LogP contribution >= 0.6 is 0 Å². The molecule has 3 saturated heterocycles. The Hall–Kier alpha value is -1.67. The summed E-state index contributed by atoms with van der Waals surface area (Å²) >= 11 is 0. The Morgan fingerprint density at radius 3 is 2.34 bits per heavy atom. The quantitative estimate of drug-likeness (QED) is 0.275. The van der Waals surface area contributed by atoms with Gasteiger partial charge in [-0.3, -0.25) is 14.3 Å². The van der Waals surface area contributed by atoms with E-state index in [4.69, 9.17) is 27.9 Å². The molecule has 2 unspecified atom stereocenters. The zero-order chi connectivity index (χ0) is 25.6. The maximum atomic E-state index is 13.8. The fourth-order valence-corrected chi connectivity index (χ4v) is 6.84. The van der Waals surface area contributed by atoms with Gasteiger partial charge in [0, 0.05) is 10.8 Å². The van der Waals surface area contributed by atoms with Gasteiger partial charge in [-0.25, -0.2) is 0 Å². The molecule has 4 rings (SSSR count). The molecule has 35 heavy (non-hydrogen) atoms. The lowest BCUT2D eigenvalue weighted by Crippen LogP contribution is -2.46. The zero-order valence-corrected chi connectivity index (χ0v) is 21.3. The summed E-state index contributed by atoms with van der Waals surface area (Å²) < 4.78 is 63.0. The molecule has 7 atom stereocenters. The van der Waals surface area contributed by atoms with E-state index in [1.807, 2.05) is 0 Å². The second kappa shape index (κ2) is 9.66. The van der Waals surface area contributed by atoms with Gasteiger partial charge in [-0.2, -0.15) is 8.42 Å². The largest absolute Gasteiger partial charge is 0.348 e. The number of ether oxygens (including phenoxy) is 5. The molecule has 12 heteroatoms. The Morgan fingerprint density at radius 1 is 1.09 bits per heavy atom. The first kappa shape index (κ1) is 26.4. The monoisotopic (exact) mass is 515 g/mol. The highest BCUT2D eigenvalue weighted by atomic mass is 32.2. The van der Waals surface area contributed by atoms with Gasteiger partial charge in [-0.15, -0.1) is 0 Å². The smallest absolute Gasteiger partial charge is 0.275 e. The van der Waals surface area contributed by atoms with Crippen molar-refractivity contribution in [3.63, 3.8) is 0 Å². The number of nitrogens with zero attached hydrogens (tertiary/aromatic N) is 1. The minimum Gasteiger partial charge on any atom is -0.348 e. The molecule has 0 spiro atoms. The fraction of sp³-hybridized carbons (Fsp3) is 0.739. The zero-order valence-electron chi connectivity index (χ0n) is 20.5. The van der Waals surface area contributed by atoms with Crippen LogP contribution in [0.25, 0.3) is 0 Å². The van der Waals surface area contributed by atoms with E-state index in [9.17, 15) is 18.5 Å². The summed E-state index contributed by atoms with van der Waals surface area (Å²) in [6.07, 6.45) is -4.02. The normalized spacial score (nSPS) is 33.3. The Kier molecular flexibility index (Phi) is 7.28. The molecule has 0 amide bonds. The topological polar surface area (TPSA) is 133 Å². The lowest BCUT2D eigenvalue weighted by atomic mass is 9.96. The molecule has 0 N–H and O–H groups in total. The van der Waals surface area contributed by atoms with Gasteiger partial charge in [0.25, 0.3) is 10.1 Å². The summed E-state index contributed by atoms with van der Waals surface area (Å²) in [5, 5.41) is 10.1. The standard InChI is InChI=1S/C23H33NO10S/c1-6-14(12-24(25)26)20(15-10-8-7-9-11-15)35(27,28)34-18-17(16-13-29-22(2,3)31-16)30-21-19(18)32-23(4,5)33-21/h7-11,14,16-21H,6,12-13H2,1-5H3/t14-,16?,17?,18-,19-,20-,21-/m1/s1. The van der Waals surface area contributed by atoms with E-state index < -0.39 is 75.0 Å². The van der Waals surface area contributed by atoms with E-state index in [-0.39, 0.29) is 13.0 Å². The summed E-state index contributed by atoms with van der Waals surface area (Å²) in [7, 11) is -4.40. The first-order chi connectivity index (χ1) is 16.3. The Morgan fingerprint density at radius 2 is 1.77 bits per heavy atom. The maximum absolute atomic E-state index is 13.8. The van der Waals surface area contributed by atoms with Crippen LogP contribution in [-0.2, 0) is 38.0 Å². The summed E-state index contributed by atoms with van der Waals surface area (Å²) in [6.45, 7) is 8.27. The van der Waals surface area contributed by atoms with Gasteiger partial charge in [0.05, 0.1) is 6.61 Å². The minimum atomic E-state index is -4.40. The highest BCUT2D eigenvalue weighted by molar-refractivity contribution is 7.87. The highest BCUT2D eigenvalue weighted by Crippen LogP contribution is 2.44. The van der Waals surface area contributed by atoms with Gasteiger partial charge in [-0.1, -0.05) is 37.3 Å². The Labute approximate surface area is 205 Å². The molecule has 11 nitrogen and oxygen atoms in total. The molecule has 0 bridgehead atoms. The van der Waals surface area contributed by atoms with Crippen molar-refractivity contribution in [3.8, 4) is 0 Å². The third kappa shape index (κ3) is 5.68. The number of benzene rings is 1. The molecule has 3 fully saturated rings. The molecule has 1 aromatic rings. The fourth-order valence-electron chi connectivity index (χ4n) is 4.95. The molecule has 3 heterocycles. The summed E-state index contributed by atoms with van der Waals surface area (Å²) in [5.74, 6) is -2.69. The van der Waals surface area contributed by atoms with Crippen molar-refractivity contribution in [2.24, 2.45) is 5.92 Å². The highest BCUT2D eigenvalue weighted by Gasteiger charge is 2.60. The second-order valence-electron chi connectivity index (χ2n) is 10.0. The van der Waals surface area contributed by atoms with E-state index in [1.54, 1.807) is 65.0 Å². The van der Waals surface area contributed by atoms with Crippen LogP contribution in [-0.4, -0.2) is 68.8 Å². The molecule has 0 radical (unpaired) electrons. The van der Waals surface area contributed by atoms with E-state index >= 15 is 0 Å². The molecule has 1 aromatic carbocycles. The number of hydrogen-bond acceptors (Lipinski definition) is 10. The van der Waals surface area contributed by atoms with E-state index in [0.29, 0.717) is 5.56 Å². The summed E-state index contributed by atoms with van der Waals surface area (Å²) in [6, 6.07) is 8.40. The molecule has 196 valence electrons. The van der Waals surface area contributed by atoms with Gasteiger partial charge in [0.15, 0.2) is 17.9 Å². The van der Waals surface area contributed by atoms with Crippen molar-refractivity contribution in [3.05, 3.63) is 46.0 Å². The third-order valence-electron chi connectivity index (χ3n) is 6.44. The second-order valence-corrected chi connectivity index (χ2v) is 11.7. The van der Waals surface area contributed by atoms with Crippen LogP contribution in [0.4, 0.5) is 0 Å². The number of nitro groups is 1. The molecular weight excluding hydrogens is 482 g/mol. The minimum absolute atomic E-state index is 0.168. The van der Waals surface area contributed by atoms with Crippen molar-refractivity contribution in [1.29, 1.82) is 0 Å². The van der Waals surface area contributed by atoms with Crippen LogP contribution in [0.2, 0.25) is 0 Å². The van der Waals surface area contributed by atoms with Crippen LogP contribution in [0.15, 0.2) is 30.3 Å². The van der Waals surface area contributed by atoms with Crippen LogP contribution < -0.4 is 0 Å². The first-order valence-electron chi connectivity index (χ1n) is 11.7. The molecule has 3 aliphatic rings. The van der Waals surface area contributed by atoms with Crippen LogP contribution in [0.1, 0.15) is 51.9 Å². The van der Waals surface area contributed by atoms with Crippen molar-refractivity contribution < 1.29 is 41.2 Å². The lowest BCUT2D eigenvalue weighted by Gasteiger charge is -2.31. The number of hydrogen-bond donors (Lipinski definition) is 0. The number of rotatable bonds is 9. The van der Waals surface area contributed by atoms with Crippen molar-refractivity contribution in [1.82, 2.24) is 0 Å². The van der Waals surface area contributed by atoms with Gasteiger partial charge in [0.1, 0.15) is 29.7 Å². The first-order valence-corrected chi connectivity index (χ1v) is 13.2. The predicted molar refractivity (Wildman–Crippen MR) is 122 cm³/mol. The van der Waals surface area contributed by atoms with E-state index in [0.717, 1.165) is 0 Å². The Balaban J connectivity index is 1.67. The van der Waals surface area contributed by atoms with Crippen LogP contribution in [0.5, 0.6) is 0 Å². The average Bonchev–Trinajstić information content (AvgIpc) is 3.37. The van der Waals surface area contributed by atoms with Crippen molar-refractivity contribution in [2.75, 3.05) is 13.2 Å². The predicted octanol–water partition coefficient (Wildman–Crippen LogP) is 2.77. The molecule has 0 aliphatic carbocycles. The summed E-state index contributed by atoms with van der Waals surface area (Å²) in [5.41, 5.74) is 0.415. The van der Waals surface area contributed by atoms with E-state index in [1.165, 1.54) is 0 Å². The van der Waals surface area contributed by atoms with Crippen LogP contribution in [0.3, 0.4) is 0 Å². The molecule has 3 aliphatic heterocycles. The molecule has 0 aromatic heterocycles. The Bertz CT molecular complexity index is 1010.